The summed E-state index contributed by atoms with van der Waals surface area (Å²) in [6.07, 6.45) is 3.19. The number of benzene rings is 1. The number of aromatic amines is 1. The van der Waals surface area contributed by atoms with Crippen molar-refractivity contribution in [2.45, 2.75) is 36.0 Å². The van der Waals surface area contributed by atoms with Gasteiger partial charge in [0.05, 0.1) is 5.25 Å². The van der Waals surface area contributed by atoms with Crippen LogP contribution < -0.4 is 10.7 Å². The number of carbonyl (C=O) groups is 1. The average Bonchev–Trinajstić information content (AvgIpc) is 2.64. The molecule has 0 saturated heterocycles. The van der Waals surface area contributed by atoms with Crippen LogP contribution in [0.15, 0.2) is 29.3 Å². The fraction of sp³-hybridized carbons (Fsp3) is 0.263. The highest BCUT2D eigenvalue weighted by molar-refractivity contribution is 8.00. The largest absolute Gasteiger partial charge is 0.508 e. The molecule has 6 nitrogen and oxygen atoms in total. The van der Waals surface area contributed by atoms with Crippen molar-refractivity contribution in [1.82, 2.24) is 0 Å². The van der Waals surface area contributed by atoms with E-state index in [9.17, 15) is 20.4 Å². The number of rotatable bonds is 3. The van der Waals surface area contributed by atoms with Crippen LogP contribution >= 0.6 is 11.8 Å². The van der Waals surface area contributed by atoms with Crippen molar-refractivity contribution >= 4 is 23.4 Å². The molecule has 1 aliphatic carbocycles. The minimum atomic E-state index is -0.216. The molecule has 2 aromatic rings. The van der Waals surface area contributed by atoms with Crippen LogP contribution in [0.2, 0.25) is 0 Å². The summed E-state index contributed by atoms with van der Waals surface area (Å²) in [6.45, 7) is 0. The first-order chi connectivity index (χ1) is 12.5. The van der Waals surface area contributed by atoms with E-state index in [-0.39, 0.29) is 33.7 Å². The molecule has 0 spiro atoms. The van der Waals surface area contributed by atoms with Crippen molar-refractivity contribution < 1.29 is 14.9 Å². The van der Waals surface area contributed by atoms with Gasteiger partial charge in [-0.05, 0) is 30.5 Å². The summed E-state index contributed by atoms with van der Waals surface area (Å²) in [7, 11) is 0. The molecule has 4 N–H and O–H groups in total. The lowest BCUT2D eigenvalue weighted by Gasteiger charge is -2.19. The number of nitrogens with one attached hydrogen (secondary N) is 1. The smallest absolute Gasteiger partial charge is 0.289 e. The van der Waals surface area contributed by atoms with Crippen molar-refractivity contribution in [2.24, 2.45) is 0 Å². The minimum Gasteiger partial charge on any atom is -0.508 e. The molecule has 1 fully saturated rings. The molecule has 1 saturated carbocycles. The maximum atomic E-state index is 12.2. The fourth-order valence-electron chi connectivity index (χ4n) is 3.07. The van der Waals surface area contributed by atoms with Gasteiger partial charge in [-0.15, -0.1) is 0 Å². The molecule has 0 bridgehead atoms. The van der Waals surface area contributed by atoms with E-state index in [0.29, 0.717) is 22.6 Å². The zero-order chi connectivity index (χ0) is 18.7. The molecule has 1 heterocycles. The Kier molecular flexibility index (Phi) is 5.11. The van der Waals surface area contributed by atoms with Gasteiger partial charge in [0.25, 0.3) is 5.82 Å². The third kappa shape index (κ3) is 3.35. The standard InChI is InChI=1S/C19H16N4O2S/c20-9-13-17(11-5-7-12(24)8-6-11)14(10-21)19(23-18(13)22)26-16-4-2-1-3-15(16)25/h5-8,16,24H,1-4H2,(H2,22,23)/p+1/t16-/m1/s1. The Morgan fingerprint density at radius 2 is 1.85 bits per heavy atom. The van der Waals surface area contributed by atoms with Gasteiger partial charge in [-0.3, -0.25) is 10.5 Å². The molecule has 7 heteroatoms. The number of ketones is 1. The zero-order valence-corrected chi connectivity index (χ0v) is 14.8. The van der Waals surface area contributed by atoms with Crippen molar-refractivity contribution in [2.75, 3.05) is 5.73 Å². The van der Waals surface area contributed by atoms with Gasteiger partial charge in [0.1, 0.15) is 34.8 Å². The SMILES string of the molecule is N#Cc1c(N)[nH+]c(S[C@@H]2CCCCC2=O)c(C#N)c1-c1ccc(O)cc1. The Morgan fingerprint density at radius 3 is 2.46 bits per heavy atom. The van der Waals surface area contributed by atoms with Gasteiger partial charge in [-0.25, -0.2) is 4.98 Å². The first kappa shape index (κ1) is 17.8. The number of thioether (sulfide) groups is 1. The Labute approximate surface area is 155 Å². The summed E-state index contributed by atoms with van der Waals surface area (Å²) >= 11 is 1.30. The van der Waals surface area contributed by atoms with Gasteiger partial charge in [0, 0.05) is 12.0 Å². The molecule has 1 aromatic carbocycles. The maximum absolute atomic E-state index is 12.2. The number of aromatic nitrogens is 1. The van der Waals surface area contributed by atoms with E-state index in [1.807, 2.05) is 6.07 Å². The second-order valence-corrected chi connectivity index (χ2v) is 7.29. The number of carbonyl (C=O) groups excluding carboxylic acids is 1. The van der Waals surface area contributed by atoms with Crippen molar-refractivity contribution in [3.63, 3.8) is 0 Å². The van der Waals surface area contributed by atoms with Crippen LogP contribution in [0.5, 0.6) is 5.75 Å². The van der Waals surface area contributed by atoms with Gasteiger partial charge in [0.2, 0.25) is 0 Å². The van der Waals surface area contributed by atoms with E-state index in [2.05, 4.69) is 11.1 Å². The number of pyridine rings is 1. The highest BCUT2D eigenvalue weighted by Crippen LogP contribution is 2.37. The van der Waals surface area contributed by atoms with Crippen LogP contribution in [0.4, 0.5) is 5.82 Å². The lowest BCUT2D eigenvalue weighted by molar-refractivity contribution is -0.410. The lowest BCUT2D eigenvalue weighted by atomic mass is 9.97. The van der Waals surface area contributed by atoms with Crippen LogP contribution in [0.1, 0.15) is 36.8 Å². The summed E-state index contributed by atoms with van der Waals surface area (Å²) in [6, 6.07) is 10.4. The first-order valence-electron chi connectivity index (χ1n) is 8.23. The molecule has 3 rings (SSSR count). The van der Waals surface area contributed by atoms with E-state index in [0.717, 1.165) is 19.3 Å². The highest BCUT2D eigenvalue weighted by atomic mass is 32.2. The molecule has 1 aliphatic rings. The van der Waals surface area contributed by atoms with E-state index >= 15 is 0 Å². The quantitative estimate of drug-likeness (QED) is 0.861. The van der Waals surface area contributed by atoms with E-state index in [4.69, 9.17) is 5.73 Å². The first-order valence-corrected chi connectivity index (χ1v) is 9.10. The molecule has 0 unspecified atom stereocenters. The summed E-state index contributed by atoms with van der Waals surface area (Å²) in [5.41, 5.74) is 7.50. The number of phenolic OH excluding ortho intramolecular Hbond substituents is 1. The van der Waals surface area contributed by atoms with Gasteiger partial charge in [-0.1, -0.05) is 30.3 Å². The van der Waals surface area contributed by atoms with Gasteiger partial charge in [-0.2, -0.15) is 10.5 Å². The third-order valence-electron chi connectivity index (χ3n) is 4.38. The van der Waals surface area contributed by atoms with Crippen LogP contribution in [0, 0.1) is 22.7 Å². The second-order valence-electron chi connectivity index (χ2n) is 6.08. The van der Waals surface area contributed by atoms with E-state index in [1.165, 1.54) is 23.9 Å². The maximum Gasteiger partial charge on any atom is 0.289 e. The Hall–Kier alpha value is -3.03. The zero-order valence-electron chi connectivity index (χ0n) is 14.0. The Balaban J connectivity index is 2.15. The number of hydrogen-bond donors (Lipinski definition) is 2. The predicted octanol–water partition coefficient (Wildman–Crippen LogP) is 2.80. The van der Waals surface area contributed by atoms with E-state index < -0.39 is 0 Å². The summed E-state index contributed by atoms with van der Waals surface area (Å²) in [4.78, 5) is 15.1. The number of nitrogen functional groups attached to an aromatic ring is 1. The number of H-pyrrole nitrogens is 1. The molecule has 26 heavy (non-hydrogen) atoms. The Morgan fingerprint density at radius 1 is 1.15 bits per heavy atom. The molecule has 1 aromatic heterocycles. The second kappa shape index (κ2) is 7.47. The molecular weight excluding hydrogens is 348 g/mol. The van der Waals surface area contributed by atoms with Crippen molar-refractivity contribution in [3.8, 4) is 29.0 Å². The number of hydrogen-bond acceptors (Lipinski definition) is 6. The molecular formula is C19H17N4O2S+. The molecule has 1 atom stereocenters. The molecule has 130 valence electrons. The monoisotopic (exact) mass is 365 g/mol. The minimum absolute atomic E-state index is 0.0867. The summed E-state index contributed by atoms with van der Waals surface area (Å²) in [5, 5.41) is 29.1. The van der Waals surface area contributed by atoms with Crippen LogP contribution in [0.3, 0.4) is 0 Å². The molecule has 0 aliphatic heterocycles. The fourth-order valence-corrected chi connectivity index (χ4v) is 4.32. The summed E-state index contributed by atoms with van der Waals surface area (Å²) < 4.78 is 0. The number of phenols is 1. The van der Waals surface area contributed by atoms with Crippen LogP contribution in [0.25, 0.3) is 11.1 Å². The van der Waals surface area contributed by atoms with Crippen LogP contribution in [-0.4, -0.2) is 16.1 Å². The Bertz CT molecular complexity index is 942. The average molecular weight is 365 g/mol. The van der Waals surface area contributed by atoms with Gasteiger partial charge >= 0.3 is 0 Å². The number of aromatic hydroxyl groups is 1. The number of anilines is 1. The van der Waals surface area contributed by atoms with Gasteiger partial charge < -0.3 is 5.11 Å². The lowest BCUT2D eigenvalue weighted by Crippen LogP contribution is -2.25. The van der Waals surface area contributed by atoms with Gasteiger partial charge in [0.15, 0.2) is 5.03 Å². The topological polar surface area (TPSA) is 125 Å². The molecule has 0 radical (unpaired) electrons. The number of nitriles is 2. The third-order valence-corrected chi connectivity index (χ3v) is 5.71. The highest BCUT2D eigenvalue weighted by Gasteiger charge is 2.29. The van der Waals surface area contributed by atoms with Crippen molar-refractivity contribution in [3.05, 3.63) is 35.4 Å². The number of nitrogens with two attached hydrogens (primary N) is 1. The summed E-state index contributed by atoms with van der Waals surface area (Å²) in [5.74, 6) is 0.414. The molecule has 0 amide bonds. The van der Waals surface area contributed by atoms with Crippen molar-refractivity contribution in [1.29, 1.82) is 10.5 Å². The predicted molar refractivity (Wildman–Crippen MR) is 97.1 cm³/mol. The van der Waals surface area contributed by atoms with E-state index in [1.54, 1.807) is 12.1 Å². The normalized spacial score (nSPS) is 16.7. The number of Topliss-reactive ketones (excluding diaryl/α,β-unsaturated/α-hetero) is 1. The number of nitrogens with zero attached hydrogens (tertiary/aromatic N) is 2. The van der Waals surface area contributed by atoms with Crippen LogP contribution in [-0.2, 0) is 4.79 Å².